The Morgan fingerprint density at radius 3 is 2.69 bits per heavy atom. The van der Waals surface area contributed by atoms with E-state index < -0.39 is 0 Å². The van der Waals surface area contributed by atoms with Gasteiger partial charge in [0.2, 0.25) is 0 Å². The molecule has 2 heteroatoms. The zero-order chi connectivity index (χ0) is 9.42. The van der Waals surface area contributed by atoms with E-state index >= 15 is 0 Å². The molecule has 2 rings (SSSR count). The Morgan fingerprint density at radius 2 is 1.92 bits per heavy atom. The topological polar surface area (TPSA) is 38.9 Å². The Bertz CT molecular complexity index is 461. The number of anilines is 1. The molecule has 0 radical (unpaired) electrons. The summed E-state index contributed by atoms with van der Waals surface area (Å²) in [6, 6.07) is 7.89. The van der Waals surface area contributed by atoms with E-state index in [2.05, 4.69) is 18.0 Å². The molecular formula is C11H12N2. The highest BCUT2D eigenvalue weighted by Gasteiger charge is 1.99. The molecule has 13 heavy (non-hydrogen) atoms. The van der Waals surface area contributed by atoms with Crippen LogP contribution in [0.2, 0.25) is 0 Å². The van der Waals surface area contributed by atoms with E-state index in [0.29, 0.717) is 0 Å². The molecule has 2 nitrogen and oxygen atoms in total. The fourth-order valence-corrected chi connectivity index (χ4v) is 1.58. The van der Waals surface area contributed by atoms with Crippen molar-refractivity contribution in [1.29, 1.82) is 0 Å². The average molecular weight is 172 g/mol. The molecule has 0 aliphatic heterocycles. The first kappa shape index (κ1) is 8.05. The highest BCUT2D eigenvalue weighted by molar-refractivity contribution is 5.85. The molecule has 0 spiro atoms. The highest BCUT2D eigenvalue weighted by atomic mass is 14.7. The number of hydrogen-bond donors (Lipinski definition) is 1. The molecule has 2 aromatic rings. The van der Waals surface area contributed by atoms with Crippen molar-refractivity contribution < 1.29 is 0 Å². The SMILES string of the molecule is Cc1cc(C)c2cc(N)ccc2n1. The van der Waals surface area contributed by atoms with Gasteiger partial charge in [0.25, 0.3) is 0 Å². The molecule has 0 atom stereocenters. The maximum Gasteiger partial charge on any atom is 0.0709 e. The number of aryl methyl sites for hydroxylation is 2. The third kappa shape index (κ3) is 1.35. The molecule has 0 aliphatic carbocycles. The summed E-state index contributed by atoms with van der Waals surface area (Å²) >= 11 is 0. The maximum absolute atomic E-state index is 5.70. The van der Waals surface area contributed by atoms with Crippen LogP contribution in [0.1, 0.15) is 11.3 Å². The normalized spacial score (nSPS) is 10.6. The maximum atomic E-state index is 5.70. The van der Waals surface area contributed by atoms with Crippen LogP contribution >= 0.6 is 0 Å². The third-order valence-corrected chi connectivity index (χ3v) is 2.17. The summed E-state index contributed by atoms with van der Waals surface area (Å²) in [7, 11) is 0. The van der Waals surface area contributed by atoms with E-state index in [0.717, 1.165) is 22.3 Å². The largest absolute Gasteiger partial charge is 0.399 e. The molecule has 1 aromatic carbocycles. The van der Waals surface area contributed by atoms with Gasteiger partial charge in [0.15, 0.2) is 0 Å². The lowest BCUT2D eigenvalue weighted by Gasteiger charge is -2.03. The van der Waals surface area contributed by atoms with E-state index in [-0.39, 0.29) is 0 Å². The van der Waals surface area contributed by atoms with Crippen LogP contribution in [0.4, 0.5) is 5.69 Å². The molecule has 66 valence electrons. The number of fused-ring (bicyclic) bond motifs is 1. The minimum atomic E-state index is 0.793. The minimum absolute atomic E-state index is 0.793. The van der Waals surface area contributed by atoms with Gasteiger partial charge in [-0.05, 0) is 43.7 Å². The molecule has 1 heterocycles. The Kier molecular flexibility index (Phi) is 1.69. The summed E-state index contributed by atoms with van der Waals surface area (Å²) in [6.07, 6.45) is 0. The molecule has 1 aromatic heterocycles. The van der Waals surface area contributed by atoms with E-state index in [9.17, 15) is 0 Å². The number of aromatic nitrogens is 1. The van der Waals surface area contributed by atoms with Crippen molar-refractivity contribution in [3.63, 3.8) is 0 Å². The summed E-state index contributed by atoms with van der Waals surface area (Å²) in [4.78, 5) is 4.42. The Balaban J connectivity index is 2.87. The fourth-order valence-electron chi connectivity index (χ4n) is 1.58. The standard InChI is InChI=1S/C11H12N2/c1-7-5-8(2)13-11-4-3-9(12)6-10(7)11/h3-6H,12H2,1-2H3. The average Bonchev–Trinajstić information content (AvgIpc) is 2.06. The molecule has 0 bridgehead atoms. The predicted molar refractivity (Wildman–Crippen MR) is 55.6 cm³/mol. The molecule has 0 fully saturated rings. The first-order valence-electron chi connectivity index (χ1n) is 4.30. The first-order valence-corrected chi connectivity index (χ1v) is 4.30. The summed E-state index contributed by atoms with van der Waals surface area (Å²) in [5.41, 5.74) is 9.80. The lowest BCUT2D eigenvalue weighted by atomic mass is 10.1. The van der Waals surface area contributed by atoms with E-state index in [1.54, 1.807) is 0 Å². The third-order valence-electron chi connectivity index (χ3n) is 2.17. The van der Waals surface area contributed by atoms with Gasteiger partial charge in [0, 0.05) is 16.8 Å². The van der Waals surface area contributed by atoms with Gasteiger partial charge in [-0.3, -0.25) is 4.98 Å². The van der Waals surface area contributed by atoms with E-state index in [1.807, 2.05) is 25.1 Å². The zero-order valence-electron chi connectivity index (χ0n) is 7.83. The number of nitrogens with two attached hydrogens (primary N) is 1. The second-order valence-corrected chi connectivity index (χ2v) is 3.36. The Labute approximate surface area is 77.4 Å². The van der Waals surface area contributed by atoms with Crippen LogP contribution in [-0.4, -0.2) is 4.98 Å². The second-order valence-electron chi connectivity index (χ2n) is 3.36. The monoisotopic (exact) mass is 172 g/mol. The van der Waals surface area contributed by atoms with Crippen LogP contribution in [-0.2, 0) is 0 Å². The lowest BCUT2D eigenvalue weighted by Crippen LogP contribution is -1.89. The van der Waals surface area contributed by atoms with Gasteiger partial charge in [-0.1, -0.05) is 0 Å². The van der Waals surface area contributed by atoms with Crippen molar-refractivity contribution in [3.05, 3.63) is 35.5 Å². The minimum Gasteiger partial charge on any atom is -0.399 e. The smallest absolute Gasteiger partial charge is 0.0709 e. The van der Waals surface area contributed by atoms with Crippen molar-refractivity contribution in [2.45, 2.75) is 13.8 Å². The quantitative estimate of drug-likeness (QED) is 0.620. The molecule has 0 unspecified atom stereocenters. The number of nitrogen functional groups attached to an aromatic ring is 1. The Morgan fingerprint density at radius 1 is 1.15 bits per heavy atom. The number of nitrogens with zero attached hydrogens (tertiary/aromatic N) is 1. The van der Waals surface area contributed by atoms with Gasteiger partial charge in [-0.25, -0.2) is 0 Å². The van der Waals surface area contributed by atoms with Crippen LogP contribution in [0.15, 0.2) is 24.3 Å². The molecule has 0 saturated heterocycles. The molecule has 2 N–H and O–H groups in total. The number of pyridine rings is 1. The second kappa shape index (κ2) is 2.73. The van der Waals surface area contributed by atoms with E-state index in [1.165, 1.54) is 5.56 Å². The van der Waals surface area contributed by atoms with Crippen molar-refractivity contribution in [3.8, 4) is 0 Å². The highest BCUT2D eigenvalue weighted by Crippen LogP contribution is 2.19. The van der Waals surface area contributed by atoms with Crippen LogP contribution in [0.3, 0.4) is 0 Å². The Hall–Kier alpha value is -1.57. The van der Waals surface area contributed by atoms with Gasteiger partial charge < -0.3 is 5.73 Å². The van der Waals surface area contributed by atoms with E-state index in [4.69, 9.17) is 5.73 Å². The number of rotatable bonds is 0. The number of benzene rings is 1. The molecular weight excluding hydrogens is 160 g/mol. The van der Waals surface area contributed by atoms with Crippen LogP contribution in [0.25, 0.3) is 10.9 Å². The van der Waals surface area contributed by atoms with Gasteiger partial charge in [0.1, 0.15) is 0 Å². The summed E-state index contributed by atoms with van der Waals surface area (Å²) in [5, 5.41) is 1.14. The molecule has 0 amide bonds. The van der Waals surface area contributed by atoms with Crippen LogP contribution in [0, 0.1) is 13.8 Å². The first-order chi connectivity index (χ1) is 6.16. The number of hydrogen-bond acceptors (Lipinski definition) is 2. The van der Waals surface area contributed by atoms with Crippen molar-refractivity contribution >= 4 is 16.6 Å². The van der Waals surface area contributed by atoms with Crippen molar-refractivity contribution in [2.24, 2.45) is 0 Å². The van der Waals surface area contributed by atoms with Gasteiger partial charge >= 0.3 is 0 Å². The summed E-state index contributed by atoms with van der Waals surface area (Å²) < 4.78 is 0. The van der Waals surface area contributed by atoms with Crippen molar-refractivity contribution in [1.82, 2.24) is 4.98 Å². The lowest BCUT2D eigenvalue weighted by molar-refractivity contribution is 1.23. The summed E-state index contributed by atoms with van der Waals surface area (Å²) in [5.74, 6) is 0. The van der Waals surface area contributed by atoms with Crippen LogP contribution in [0.5, 0.6) is 0 Å². The molecule has 0 saturated carbocycles. The van der Waals surface area contributed by atoms with Gasteiger partial charge in [-0.15, -0.1) is 0 Å². The van der Waals surface area contributed by atoms with Crippen LogP contribution < -0.4 is 5.73 Å². The van der Waals surface area contributed by atoms with Gasteiger partial charge in [-0.2, -0.15) is 0 Å². The molecule has 0 aliphatic rings. The summed E-state index contributed by atoms with van der Waals surface area (Å²) in [6.45, 7) is 4.08. The van der Waals surface area contributed by atoms with Gasteiger partial charge in [0.05, 0.1) is 5.52 Å². The fraction of sp³-hybridized carbons (Fsp3) is 0.182. The predicted octanol–water partition coefficient (Wildman–Crippen LogP) is 2.43. The van der Waals surface area contributed by atoms with Crippen molar-refractivity contribution in [2.75, 3.05) is 5.73 Å². The zero-order valence-corrected chi connectivity index (χ0v) is 7.83.